The summed E-state index contributed by atoms with van der Waals surface area (Å²) in [5.74, 6) is 0. The van der Waals surface area contributed by atoms with Gasteiger partial charge in [0.2, 0.25) is 0 Å². The summed E-state index contributed by atoms with van der Waals surface area (Å²) in [6.45, 7) is 0. The summed E-state index contributed by atoms with van der Waals surface area (Å²) in [6.07, 6.45) is 0. The molecule has 0 unspecified atom stereocenters. The van der Waals surface area contributed by atoms with Crippen LogP contribution in [0, 0.1) is 3.57 Å². The van der Waals surface area contributed by atoms with E-state index >= 15 is 0 Å². The number of nitrogens with zero attached hydrogens (tertiary/aromatic N) is 1. The predicted octanol–water partition coefficient (Wildman–Crippen LogP) is 4.42. The second-order valence-corrected chi connectivity index (χ2v) is 6.85. The van der Waals surface area contributed by atoms with E-state index in [1.807, 2.05) is 42.5 Å². The molecule has 90 valence electrons. The van der Waals surface area contributed by atoms with Gasteiger partial charge in [0.25, 0.3) is 5.56 Å². The van der Waals surface area contributed by atoms with Crippen molar-refractivity contribution < 1.29 is 0 Å². The maximum Gasteiger partial charge on any atom is 0.273 e. The number of benzene rings is 2. The molecule has 0 aliphatic carbocycles. The Balaban J connectivity index is 2.35. The largest absolute Gasteiger partial charge is 0.273 e. The van der Waals surface area contributed by atoms with Gasteiger partial charge in [-0.2, -0.15) is 0 Å². The highest BCUT2D eigenvalue weighted by Crippen LogP contribution is 2.25. The smallest absolute Gasteiger partial charge is 0.267 e. The van der Waals surface area contributed by atoms with Gasteiger partial charge in [-0.15, -0.1) is 0 Å². The Morgan fingerprint density at radius 3 is 2.72 bits per heavy atom. The number of hydrogen-bond donors (Lipinski definition) is 0. The molecule has 0 N–H and O–H groups in total. The molecular formula is C13H7BrINOS. The Morgan fingerprint density at radius 1 is 1.17 bits per heavy atom. The third kappa shape index (κ3) is 2.04. The first-order valence-electron chi connectivity index (χ1n) is 5.23. The number of hydrogen-bond acceptors (Lipinski definition) is 2. The van der Waals surface area contributed by atoms with Crippen molar-refractivity contribution in [2.75, 3.05) is 0 Å². The van der Waals surface area contributed by atoms with Crippen LogP contribution in [-0.4, -0.2) is 3.96 Å². The molecule has 0 bridgehead atoms. The van der Waals surface area contributed by atoms with Gasteiger partial charge < -0.3 is 0 Å². The van der Waals surface area contributed by atoms with Gasteiger partial charge in [-0.1, -0.05) is 39.6 Å². The minimum atomic E-state index is 0.0478. The molecule has 0 radical (unpaired) electrons. The lowest BCUT2D eigenvalue weighted by molar-refractivity contribution is 1.13. The molecule has 0 spiro atoms. The molecule has 5 heteroatoms. The Kier molecular flexibility index (Phi) is 3.29. The van der Waals surface area contributed by atoms with E-state index in [0.717, 1.165) is 23.8 Å². The first-order chi connectivity index (χ1) is 8.66. The third-order valence-electron chi connectivity index (χ3n) is 2.62. The van der Waals surface area contributed by atoms with E-state index < -0.39 is 0 Å². The van der Waals surface area contributed by atoms with E-state index in [2.05, 4.69) is 38.5 Å². The molecule has 3 rings (SSSR count). The van der Waals surface area contributed by atoms with E-state index in [1.54, 1.807) is 3.96 Å². The molecule has 0 fully saturated rings. The van der Waals surface area contributed by atoms with Gasteiger partial charge in [-0.05, 0) is 52.9 Å². The van der Waals surface area contributed by atoms with Crippen molar-refractivity contribution in [3.05, 3.63) is 60.9 Å². The Bertz CT molecular complexity index is 793. The summed E-state index contributed by atoms with van der Waals surface area (Å²) in [7, 11) is 0. The molecule has 0 aliphatic heterocycles. The Labute approximate surface area is 130 Å². The van der Waals surface area contributed by atoms with Crippen molar-refractivity contribution in [2.45, 2.75) is 0 Å². The highest BCUT2D eigenvalue weighted by atomic mass is 127. The lowest BCUT2D eigenvalue weighted by atomic mass is 10.3. The fraction of sp³-hybridized carbons (Fsp3) is 0. The van der Waals surface area contributed by atoms with Crippen LogP contribution in [0.1, 0.15) is 0 Å². The molecule has 3 aromatic rings. The van der Waals surface area contributed by atoms with Crippen LogP contribution in [-0.2, 0) is 0 Å². The predicted molar refractivity (Wildman–Crippen MR) is 87.8 cm³/mol. The molecule has 1 heterocycles. The van der Waals surface area contributed by atoms with Crippen LogP contribution < -0.4 is 5.56 Å². The average Bonchev–Trinajstić information content (AvgIpc) is 2.71. The summed E-state index contributed by atoms with van der Waals surface area (Å²) in [5, 5.41) is 0.776. The van der Waals surface area contributed by atoms with E-state index in [0.29, 0.717) is 0 Å². The molecule has 0 saturated heterocycles. The van der Waals surface area contributed by atoms with E-state index in [-0.39, 0.29) is 5.56 Å². The quantitative estimate of drug-likeness (QED) is 0.523. The molecule has 1 aromatic heterocycles. The second kappa shape index (κ2) is 4.79. The lowest BCUT2D eigenvalue weighted by Gasteiger charge is -2.04. The standard InChI is InChI=1S/C13H7BrINOS/c14-8-5-6-10(15)11(7-8)16-13(17)9-3-1-2-4-12(9)18-16/h1-7H. The normalized spacial score (nSPS) is 11.0. The Hall–Kier alpha value is -0.660. The zero-order chi connectivity index (χ0) is 12.7. The number of fused-ring (bicyclic) bond motifs is 1. The fourth-order valence-corrected chi connectivity index (χ4v) is 3.88. The van der Waals surface area contributed by atoms with Gasteiger partial charge in [0.15, 0.2) is 0 Å². The van der Waals surface area contributed by atoms with E-state index in [4.69, 9.17) is 0 Å². The van der Waals surface area contributed by atoms with Gasteiger partial charge in [0.05, 0.1) is 15.8 Å². The molecule has 18 heavy (non-hydrogen) atoms. The van der Waals surface area contributed by atoms with Crippen molar-refractivity contribution in [3.8, 4) is 5.69 Å². The topological polar surface area (TPSA) is 22.0 Å². The molecule has 0 saturated carbocycles. The van der Waals surface area contributed by atoms with Crippen molar-refractivity contribution in [1.29, 1.82) is 0 Å². The number of halogens is 2. The summed E-state index contributed by atoms with van der Waals surface area (Å²) in [6, 6.07) is 13.6. The SMILES string of the molecule is O=c1c2ccccc2sn1-c1cc(Br)ccc1I. The van der Waals surface area contributed by atoms with Gasteiger partial charge >= 0.3 is 0 Å². The molecule has 0 atom stereocenters. The maximum atomic E-state index is 12.3. The summed E-state index contributed by atoms with van der Waals surface area (Å²) >= 11 is 7.17. The van der Waals surface area contributed by atoms with Crippen LogP contribution in [0.25, 0.3) is 15.8 Å². The van der Waals surface area contributed by atoms with Gasteiger partial charge in [0.1, 0.15) is 0 Å². The molecular weight excluding hydrogens is 425 g/mol. The molecule has 0 amide bonds. The van der Waals surface area contributed by atoms with Crippen LogP contribution in [0.15, 0.2) is 51.7 Å². The van der Waals surface area contributed by atoms with Crippen molar-refractivity contribution in [2.24, 2.45) is 0 Å². The minimum absolute atomic E-state index is 0.0478. The maximum absolute atomic E-state index is 12.3. The highest BCUT2D eigenvalue weighted by Gasteiger charge is 2.11. The van der Waals surface area contributed by atoms with Crippen LogP contribution in [0.2, 0.25) is 0 Å². The monoisotopic (exact) mass is 431 g/mol. The summed E-state index contributed by atoms with van der Waals surface area (Å²) in [5.41, 5.74) is 0.975. The van der Waals surface area contributed by atoms with Gasteiger partial charge in [-0.25, -0.2) is 3.96 Å². The average molecular weight is 432 g/mol. The first kappa shape index (κ1) is 12.4. The molecule has 2 aromatic carbocycles. The fourth-order valence-electron chi connectivity index (χ4n) is 1.77. The minimum Gasteiger partial charge on any atom is -0.267 e. The second-order valence-electron chi connectivity index (χ2n) is 3.78. The van der Waals surface area contributed by atoms with E-state index in [1.165, 1.54) is 11.5 Å². The zero-order valence-electron chi connectivity index (χ0n) is 9.06. The first-order valence-corrected chi connectivity index (χ1v) is 7.88. The van der Waals surface area contributed by atoms with Crippen molar-refractivity contribution in [1.82, 2.24) is 3.96 Å². The zero-order valence-corrected chi connectivity index (χ0v) is 13.6. The van der Waals surface area contributed by atoms with Crippen molar-refractivity contribution >= 4 is 60.1 Å². The Morgan fingerprint density at radius 2 is 1.94 bits per heavy atom. The third-order valence-corrected chi connectivity index (χ3v) is 5.12. The van der Waals surface area contributed by atoms with Crippen LogP contribution in [0.5, 0.6) is 0 Å². The number of aromatic nitrogens is 1. The number of rotatable bonds is 1. The lowest BCUT2D eigenvalue weighted by Crippen LogP contribution is -2.11. The van der Waals surface area contributed by atoms with Crippen LogP contribution in [0.4, 0.5) is 0 Å². The summed E-state index contributed by atoms with van der Waals surface area (Å²) < 4.78 is 4.79. The summed E-state index contributed by atoms with van der Waals surface area (Å²) in [4.78, 5) is 12.3. The van der Waals surface area contributed by atoms with Crippen LogP contribution >= 0.6 is 50.1 Å². The highest BCUT2D eigenvalue weighted by molar-refractivity contribution is 14.1. The molecule has 0 aliphatic rings. The van der Waals surface area contributed by atoms with E-state index in [9.17, 15) is 4.79 Å². The van der Waals surface area contributed by atoms with Gasteiger partial charge in [0, 0.05) is 8.04 Å². The van der Waals surface area contributed by atoms with Gasteiger partial charge in [-0.3, -0.25) is 4.79 Å². The van der Waals surface area contributed by atoms with Crippen molar-refractivity contribution in [3.63, 3.8) is 0 Å². The molecule has 2 nitrogen and oxygen atoms in total. The van der Waals surface area contributed by atoms with Crippen LogP contribution in [0.3, 0.4) is 0 Å².